The summed E-state index contributed by atoms with van der Waals surface area (Å²) in [6.45, 7) is 6.75. The van der Waals surface area contributed by atoms with E-state index in [2.05, 4.69) is 10.6 Å². The van der Waals surface area contributed by atoms with Crippen molar-refractivity contribution in [2.24, 2.45) is 0 Å². The molecule has 134 valence electrons. The topological polar surface area (TPSA) is 70.7 Å². The van der Waals surface area contributed by atoms with Gasteiger partial charge in [-0.15, -0.1) is 0 Å². The third kappa shape index (κ3) is 6.54. The van der Waals surface area contributed by atoms with Gasteiger partial charge >= 0.3 is 6.03 Å². The molecule has 24 heavy (non-hydrogen) atoms. The van der Waals surface area contributed by atoms with E-state index in [0.29, 0.717) is 13.1 Å². The van der Waals surface area contributed by atoms with E-state index in [-0.39, 0.29) is 18.3 Å². The smallest absolute Gasteiger partial charge is 0.321 e. The van der Waals surface area contributed by atoms with Crippen molar-refractivity contribution in [3.05, 3.63) is 29.6 Å². The molecule has 3 amide bonds. The maximum Gasteiger partial charge on any atom is 0.321 e. The molecule has 7 heteroatoms. The number of hydrogen-bond donors (Lipinski definition) is 2. The maximum atomic E-state index is 13.7. The van der Waals surface area contributed by atoms with Gasteiger partial charge in [-0.25, -0.2) is 9.18 Å². The number of carbonyl (C=O) groups is 2. The summed E-state index contributed by atoms with van der Waals surface area (Å²) in [5, 5.41) is 4.97. The van der Waals surface area contributed by atoms with Gasteiger partial charge in [0, 0.05) is 12.6 Å². The molecule has 0 fully saturated rings. The van der Waals surface area contributed by atoms with Gasteiger partial charge in [-0.2, -0.15) is 0 Å². The fourth-order valence-electron chi connectivity index (χ4n) is 2.08. The highest BCUT2D eigenvalue weighted by atomic mass is 19.1. The van der Waals surface area contributed by atoms with Gasteiger partial charge in [0.05, 0.1) is 13.7 Å². The van der Waals surface area contributed by atoms with E-state index in [1.54, 1.807) is 12.1 Å². The zero-order valence-corrected chi connectivity index (χ0v) is 14.7. The number of imide groups is 1. The molecule has 1 aromatic carbocycles. The number of carbonyl (C=O) groups excluding carboxylic acids is 2. The number of nitrogens with one attached hydrogen (secondary N) is 2. The Morgan fingerprint density at radius 1 is 1.33 bits per heavy atom. The summed E-state index contributed by atoms with van der Waals surface area (Å²) in [6, 6.07) is 4.19. The Balaban J connectivity index is 2.56. The fourth-order valence-corrected chi connectivity index (χ4v) is 2.08. The Kier molecular flexibility index (Phi) is 8.18. The molecule has 6 nitrogen and oxygen atoms in total. The average molecular weight is 339 g/mol. The minimum absolute atomic E-state index is 0.00218. The first-order chi connectivity index (χ1) is 11.4. The number of benzene rings is 1. The number of hydrogen-bond acceptors (Lipinski definition) is 4. The van der Waals surface area contributed by atoms with Crippen LogP contribution in [0.15, 0.2) is 18.2 Å². The van der Waals surface area contributed by atoms with Gasteiger partial charge in [0.25, 0.3) is 0 Å². The Morgan fingerprint density at radius 3 is 2.58 bits per heavy atom. The standard InChI is InChI=1S/C17H26FN3O3/c1-5-12(3)19-17(23)20-16(22)11-21(6-2)10-13-7-8-15(24-4)14(18)9-13/h7-9,12H,5-6,10-11H2,1-4H3,(H2,19,20,22,23)/t12-/m1/s1. The molecule has 0 bridgehead atoms. The van der Waals surface area contributed by atoms with Gasteiger partial charge in [-0.1, -0.05) is 19.9 Å². The quantitative estimate of drug-likeness (QED) is 0.762. The molecule has 0 unspecified atom stereocenters. The number of methoxy groups -OCH3 is 1. The van der Waals surface area contributed by atoms with Crippen LogP contribution < -0.4 is 15.4 Å². The summed E-state index contributed by atoms with van der Waals surface area (Å²) in [5.74, 6) is -0.656. The van der Waals surface area contributed by atoms with Gasteiger partial charge in [-0.05, 0) is 37.6 Å². The number of nitrogens with zero attached hydrogens (tertiary/aromatic N) is 1. The molecule has 0 radical (unpaired) electrons. The zero-order chi connectivity index (χ0) is 18.1. The first-order valence-electron chi connectivity index (χ1n) is 8.04. The minimum atomic E-state index is -0.499. The van der Waals surface area contributed by atoms with Crippen LogP contribution in [-0.4, -0.2) is 43.1 Å². The van der Waals surface area contributed by atoms with Crippen LogP contribution in [0.1, 0.15) is 32.8 Å². The second-order valence-electron chi connectivity index (χ2n) is 5.60. The van der Waals surface area contributed by atoms with Crippen LogP contribution in [0, 0.1) is 5.82 Å². The van der Waals surface area contributed by atoms with Crippen LogP contribution in [0.5, 0.6) is 5.75 Å². The van der Waals surface area contributed by atoms with E-state index in [0.717, 1.165) is 12.0 Å². The van der Waals surface area contributed by atoms with Crippen molar-refractivity contribution in [1.29, 1.82) is 0 Å². The van der Waals surface area contributed by atoms with Crippen LogP contribution in [-0.2, 0) is 11.3 Å². The average Bonchev–Trinajstić information content (AvgIpc) is 2.53. The van der Waals surface area contributed by atoms with E-state index >= 15 is 0 Å². The van der Waals surface area contributed by atoms with Crippen molar-refractivity contribution in [2.75, 3.05) is 20.2 Å². The summed E-state index contributed by atoms with van der Waals surface area (Å²) in [6.07, 6.45) is 0.783. The predicted molar refractivity (Wildman–Crippen MR) is 90.3 cm³/mol. The zero-order valence-electron chi connectivity index (χ0n) is 14.7. The third-order valence-corrected chi connectivity index (χ3v) is 3.68. The largest absolute Gasteiger partial charge is 0.494 e. The van der Waals surface area contributed by atoms with Crippen LogP contribution in [0.25, 0.3) is 0 Å². The Hall–Kier alpha value is -2.15. The van der Waals surface area contributed by atoms with Crippen molar-refractivity contribution in [1.82, 2.24) is 15.5 Å². The highest BCUT2D eigenvalue weighted by molar-refractivity contribution is 5.95. The van der Waals surface area contributed by atoms with Gasteiger partial charge < -0.3 is 10.1 Å². The van der Waals surface area contributed by atoms with Gasteiger partial charge in [0.1, 0.15) is 0 Å². The van der Waals surface area contributed by atoms with E-state index in [4.69, 9.17) is 4.74 Å². The Bertz CT molecular complexity index is 566. The Morgan fingerprint density at radius 2 is 2.04 bits per heavy atom. The molecule has 1 atom stereocenters. The number of amides is 3. The summed E-state index contributed by atoms with van der Waals surface area (Å²) < 4.78 is 18.6. The molecule has 0 saturated carbocycles. The second kappa shape index (κ2) is 9.87. The van der Waals surface area contributed by atoms with Gasteiger partial charge in [0.2, 0.25) is 5.91 Å². The van der Waals surface area contributed by atoms with E-state index < -0.39 is 17.8 Å². The highest BCUT2D eigenvalue weighted by Gasteiger charge is 2.14. The fraction of sp³-hybridized carbons (Fsp3) is 0.529. The monoisotopic (exact) mass is 339 g/mol. The first-order valence-corrected chi connectivity index (χ1v) is 8.04. The SMILES string of the molecule is CC[C@@H](C)NC(=O)NC(=O)CN(CC)Cc1ccc(OC)c(F)c1. The van der Waals surface area contributed by atoms with Crippen molar-refractivity contribution < 1.29 is 18.7 Å². The molecule has 0 saturated heterocycles. The molecule has 0 aliphatic rings. The van der Waals surface area contributed by atoms with Crippen LogP contribution in [0.4, 0.5) is 9.18 Å². The minimum Gasteiger partial charge on any atom is -0.494 e. The molecular weight excluding hydrogens is 313 g/mol. The van der Waals surface area contributed by atoms with Crippen molar-refractivity contribution in [3.63, 3.8) is 0 Å². The van der Waals surface area contributed by atoms with Gasteiger partial charge in [-0.3, -0.25) is 15.0 Å². The normalized spacial score (nSPS) is 11.9. The number of halogens is 1. The number of likely N-dealkylation sites (N-methyl/N-ethyl adjacent to an activating group) is 1. The maximum absolute atomic E-state index is 13.7. The summed E-state index contributed by atoms with van der Waals surface area (Å²) in [4.78, 5) is 25.4. The lowest BCUT2D eigenvalue weighted by Gasteiger charge is -2.20. The summed E-state index contributed by atoms with van der Waals surface area (Å²) in [7, 11) is 1.41. The van der Waals surface area contributed by atoms with E-state index in [1.807, 2.05) is 25.7 Å². The molecule has 0 aliphatic carbocycles. The number of ether oxygens (including phenoxy) is 1. The lowest BCUT2D eigenvalue weighted by molar-refractivity contribution is -0.121. The van der Waals surface area contributed by atoms with E-state index in [9.17, 15) is 14.0 Å². The number of rotatable bonds is 8. The number of urea groups is 1. The molecular formula is C17H26FN3O3. The van der Waals surface area contributed by atoms with Crippen molar-refractivity contribution in [2.45, 2.75) is 39.8 Å². The lowest BCUT2D eigenvalue weighted by atomic mass is 10.2. The van der Waals surface area contributed by atoms with E-state index in [1.165, 1.54) is 13.2 Å². The van der Waals surface area contributed by atoms with Gasteiger partial charge in [0.15, 0.2) is 11.6 Å². The van der Waals surface area contributed by atoms with Crippen molar-refractivity contribution in [3.8, 4) is 5.75 Å². The molecule has 1 aromatic rings. The molecule has 0 aromatic heterocycles. The predicted octanol–water partition coefficient (Wildman–Crippen LogP) is 2.28. The summed E-state index contributed by atoms with van der Waals surface area (Å²) >= 11 is 0. The lowest BCUT2D eigenvalue weighted by Crippen LogP contribution is -2.46. The second-order valence-corrected chi connectivity index (χ2v) is 5.60. The van der Waals surface area contributed by atoms with Crippen LogP contribution in [0.2, 0.25) is 0 Å². The van der Waals surface area contributed by atoms with Crippen molar-refractivity contribution >= 4 is 11.9 Å². The molecule has 1 rings (SSSR count). The third-order valence-electron chi connectivity index (χ3n) is 3.68. The molecule has 0 heterocycles. The summed E-state index contributed by atoms with van der Waals surface area (Å²) in [5.41, 5.74) is 0.729. The molecule has 0 spiro atoms. The Labute approximate surface area is 142 Å². The highest BCUT2D eigenvalue weighted by Crippen LogP contribution is 2.18. The van der Waals surface area contributed by atoms with Crippen LogP contribution >= 0.6 is 0 Å². The first kappa shape index (κ1) is 19.9. The molecule has 2 N–H and O–H groups in total. The van der Waals surface area contributed by atoms with Crippen LogP contribution in [0.3, 0.4) is 0 Å². The molecule has 0 aliphatic heterocycles.